The van der Waals surface area contributed by atoms with Gasteiger partial charge in [0.2, 0.25) is 0 Å². The molecular formula is C41H70N2. The topological polar surface area (TPSA) is 15.6 Å². The van der Waals surface area contributed by atoms with Crippen LogP contribution in [0.25, 0.3) is 0 Å². The monoisotopic (exact) mass is 591 g/mol. The molecule has 2 saturated carbocycles. The third-order valence-electron chi connectivity index (χ3n) is 8.48. The molecule has 0 aromatic heterocycles. The Morgan fingerprint density at radius 1 is 0.884 bits per heavy atom. The molecular weight excluding hydrogens is 520 g/mol. The van der Waals surface area contributed by atoms with Crippen LogP contribution in [0.5, 0.6) is 0 Å². The summed E-state index contributed by atoms with van der Waals surface area (Å²) in [5.74, 6) is 1.50. The minimum absolute atomic E-state index is 0.450. The standard InChI is InChI=1S/C23H35N.C14H27N.C2H6.C2H2/c1-6-17(2)20(5)24-23(19(4)22-15-16-22)14-9-7-8-11-18(3)21-12-10-13-21;1-7-10-13(15(6)8-2)11-9-12-14(3,4)5;2*1-2/h21-22H,2-16H2,1H3;2,13H,7,9-12H2,1,3-6H3;1-2H3;1-2H. The van der Waals surface area contributed by atoms with Crippen LogP contribution in [0.1, 0.15) is 151 Å². The minimum Gasteiger partial charge on any atom is -0.333 e. The Labute approximate surface area is 270 Å². The molecule has 244 valence electrons. The summed E-state index contributed by atoms with van der Waals surface area (Å²) in [6.07, 6.45) is 33.2. The molecule has 0 aliphatic heterocycles. The first-order valence-electron chi connectivity index (χ1n) is 17.3. The fourth-order valence-corrected chi connectivity index (χ4v) is 5.08. The number of aliphatic imine (C=N–C) groups is 1. The van der Waals surface area contributed by atoms with Gasteiger partial charge in [-0.05, 0) is 105 Å². The molecule has 0 heterocycles. The van der Waals surface area contributed by atoms with Gasteiger partial charge in [0.1, 0.15) is 0 Å². The van der Waals surface area contributed by atoms with Crippen LogP contribution in [0, 0.1) is 42.6 Å². The molecule has 2 heteroatoms. The van der Waals surface area contributed by atoms with Crippen LogP contribution in [0.4, 0.5) is 0 Å². The van der Waals surface area contributed by atoms with E-state index < -0.39 is 0 Å². The molecule has 2 nitrogen and oxygen atoms in total. The number of nitrogens with zero attached hydrogens (tertiary/aromatic N) is 2. The van der Waals surface area contributed by atoms with Crippen LogP contribution in [0.3, 0.4) is 0 Å². The highest BCUT2D eigenvalue weighted by molar-refractivity contribution is 6.01. The molecule has 2 aliphatic rings. The highest BCUT2D eigenvalue weighted by Crippen LogP contribution is 2.38. The second kappa shape index (κ2) is 24.9. The fourth-order valence-electron chi connectivity index (χ4n) is 5.08. The molecule has 0 saturated heterocycles. The average molecular weight is 591 g/mol. The fraction of sp³-hybridized carbons (Fsp3) is 0.683. The molecule has 0 radical (unpaired) electrons. The summed E-state index contributed by atoms with van der Waals surface area (Å²) in [6.45, 7) is 32.0. The largest absolute Gasteiger partial charge is 0.333 e. The van der Waals surface area contributed by atoms with Gasteiger partial charge >= 0.3 is 0 Å². The first kappa shape index (κ1) is 42.7. The summed E-state index contributed by atoms with van der Waals surface area (Å²) < 4.78 is 0. The number of allylic oxidation sites excluding steroid dienone is 3. The predicted octanol–water partition coefficient (Wildman–Crippen LogP) is 12.3. The van der Waals surface area contributed by atoms with E-state index in [0.717, 1.165) is 30.0 Å². The molecule has 1 atom stereocenters. The lowest BCUT2D eigenvalue weighted by Gasteiger charge is -2.27. The van der Waals surface area contributed by atoms with Gasteiger partial charge in [-0.2, -0.15) is 0 Å². The first-order chi connectivity index (χ1) is 20.4. The van der Waals surface area contributed by atoms with E-state index in [9.17, 15) is 0 Å². The Morgan fingerprint density at radius 3 is 1.91 bits per heavy atom. The van der Waals surface area contributed by atoms with E-state index in [-0.39, 0.29) is 0 Å². The molecule has 0 bridgehead atoms. The number of rotatable bonds is 18. The summed E-state index contributed by atoms with van der Waals surface area (Å²) in [5.41, 5.74) is 6.24. The average Bonchev–Trinajstić information content (AvgIpc) is 3.81. The normalized spacial score (nSPS) is 15.0. The Balaban J connectivity index is 0. The highest BCUT2D eigenvalue weighted by atomic mass is 15.1. The van der Waals surface area contributed by atoms with Crippen molar-refractivity contribution in [3.63, 3.8) is 0 Å². The molecule has 2 fully saturated rings. The predicted molar refractivity (Wildman–Crippen MR) is 197 cm³/mol. The lowest BCUT2D eigenvalue weighted by atomic mass is 9.78. The molecule has 2 rings (SSSR count). The van der Waals surface area contributed by atoms with E-state index in [4.69, 9.17) is 11.4 Å². The third-order valence-corrected chi connectivity index (χ3v) is 8.48. The summed E-state index contributed by atoms with van der Waals surface area (Å²) in [6, 6.07) is 3.30. The second-order valence-corrected chi connectivity index (χ2v) is 13.2. The molecule has 0 aromatic rings. The van der Waals surface area contributed by atoms with Gasteiger partial charge in [-0.1, -0.05) is 112 Å². The molecule has 43 heavy (non-hydrogen) atoms. The zero-order valence-corrected chi connectivity index (χ0v) is 30.0. The zero-order valence-electron chi connectivity index (χ0n) is 30.0. The first-order valence-corrected chi connectivity index (χ1v) is 17.3. The zero-order chi connectivity index (χ0) is 33.4. The summed E-state index contributed by atoms with van der Waals surface area (Å²) in [7, 11) is 2.03. The maximum Gasteiger partial charge on any atom is 0.0587 e. The molecule has 1 unspecified atom stereocenters. The van der Waals surface area contributed by atoms with Crippen molar-refractivity contribution in [3.8, 4) is 25.3 Å². The lowest BCUT2D eigenvalue weighted by molar-refractivity contribution is 0.277. The Hall–Kier alpha value is -2.45. The van der Waals surface area contributed by atoms with Crippen LogP contribution in [0.2, 0.25) is 0 Å². The quantitative estimate of drug-likeness (QED) is 0.0387. The van der Waals surface area contributed by atoms with Crippen molar-refractivity contribution in [1.82, 2.24) is 4.90 Å². The van der Waals surface area contributed by atoms with Crippen LogP contribution in [0.15, 0.2) is 53.7 Å². The third kappa shape index (κ3) is 20.2. The molecule has 0 spiro atoms. The van der Waals surface area contributed by atoms with Crippen molar-refractivity contribution in [2.75, 3.05) is 7.05 Å². The maximum absolute atomic E-state index is 5.44. The van der Waals surface area contributed by atoms with E-state index >= 15 is 0 Å². The maximum atomic E-state index is 5.44. The summed E-state index contributed by atoms with van der Waals surface area (Å²) in [4.78, 5) is 6.83. The van der Waals surface area contributed by atoms with Gasteiger partial charge in [0.05, 0.1) is 5.70 Å². The Kier molecular flexibility index (Phi) is 24.8. The van der Waals surface area contributed by atoms with Crippen molar-refractivity contribution < 1.29 is 0 Å². The van der Waals surface area contributed by atoms with Crippen molar-refractivity contribution in [1.29, 1.82) is 0 Å². The van der Waals surface area contributed by atoms with Crippen molar-refractivity contribution in [2.45, 2.75) is 157 Å². The van der Waals surface area contributed by atoms with Gasteiger partial charge in [-0.25, -0.2) is 0 Å². The number of hydrogen-bond acceptors (Lipinski definition) is 2. The van der Waals surface area contributed by atoms with Crippen molar-refractivity contribution >= 4 is 5.71 Å². The van der Waals surface area contributed by atoms with Crippen LogP contribution < -0.4 is 0 Å². The van der Waals surface area contributed by atoms with E-state index in [2.05, 4.69) is 79.8 Å². The lowest BCUT2D eigenvalue weighted by Crippen LogP contribution is -2.27. The van der Waals surface area contributed by atoms with E-state index in [1.54, 1.807) is 0 Å². The van der Waals surface area contributed by atoms with Crippen LogP contribution in [-0.4, -0.2) is 23.7 Å². The van der Waals surface area contributed by atoms with Crippen molar-refractivity contribution in [2.24, 2.45) is 22.2 Å². The van der Waals surface area contributed by atoms with E-state index in [1.165, 1.54) is 107 Å². The van der Waals surface area contributed by atoms with Gasteiger partial charge in [0.15, 0.2) is 0 Å². The van der Waals surface area contributed by atoms with Gasteiger partial charge in [-0.3, -0.25) is 4.99 Å². The number of unbranched alkanes of at least 4 members (excludes halogenated alkanes) is 2. The number of hydrogen-bond donors (Lipinski definition) is 0. The van der Waals surface area contributed by atoms with Gasteiger partial charge < -0.3 is 4.90 Å². The highest BCUT2D eigenvalue weighted by Gasteiger charge is 2.27. The Bertz CT molecular complexity index is 892. The summed E-state index contributed by atoms with van der Waals surface area (Å²) >= 11 is 0. The smallest absolute Gasteiger partial charge is 0.0587 e. The van der Waals surface area contributed by atoms with E-state index in [1.807, 2.05) is 25.8 Å². The van der Waals surface area contributed by atoms with Crippen molar-refractivity contribution in [3.05, 3.63) is 48.7 Å². The van der Waals surface area contributed by atoms with Gasteiger partial charge in [0, 0.05) is 24.8 Å². The van der Waals surface area contributed by atoms with Gasteiger partial charge in [-0.15, -0.1) is 12.8 Å². The van der Waals surface area contributed by atoms with Crippen LogP contribution >= 0.6 is 0 Å². The number of terminal acetylenes is 2. The minimum atomic E-state index is 0.450. The van der Waals surface area contributed by atoms with Gasteiger partial charge in [0.25, 0.3) is 0 Å². The molecule has 0 amide bonds. The molecule has 0 N–H and O–H groups in total. The second-order valence-electron chi connectivity index (χ2n) is 13.2. The summed E-state index contributed by atoms with van der Waals surface area (Å²) in [5, 5.41) is 0. The molecule has 2 aliphatic carbocycles. The van der Waals surface area contributed by atoms with Crippen LogP contribution in [-0.2, 0) is 0 Å². The van der Waals surface area contributed by atoms with E-state index in [0.29, 0.717) is 17.4 Å². The Morgan fingerprint density at radius 2 is 1.47 bits per heavy atom. The SMILES string of the molecule is C#C.C#CN(C)C(CCC)CCCC(C)(C)C.C=C(CC)C(=C)N=C(CCCCCC(=C)C1CCC1)C(=C)C1CC1.CC. The molecule has 0 aromatic carbocycles.